The summed E-state index contributed by atoms with van der Waals surface area (Å²) in [6.45, 7) is 3.33. The van der Waals surface area contributed by atoms with Gasteiger partial charge in [0.1, 0.15) is 11.6 Å². The van der Waals surface area contributed by atoms with Crippen LogP contribution in [-0.2, 0) is 5.54 Å². The molecule has 5 heteroatoms. The topological polar surface area (TPSA) is 32.3 Å². The average Bonchev–Trinajstić information content (AvgIpc) is 2.37. The third kappa shape index (κ3) is 3.60. The first-order chi connectivity index (χ1) is 9.84. The molecule has 21 heavy (non-hydrogen) atoms. The van der Waals surface area contributed by atoms with Gasteiger partial charge in [-0.05, 0) is 55.3 Å². The van der Waals surface area contributed by atoms with Crippen LogP contribution in [0.25, 0.3) is 0 Å². The van der Waals surface area contributed by atoms with Gasteiger partial charge in [-0.25, -0.2) is 8.78 Å². The summed E-state index contributed by atoms with van der Waals surface area (Å²) in [5, 5.41) is 12.9. The van der Waals surface area contributed by atoms with Gasteiger partial charge in [0, 0.05) is 10.2 Å². The Morgan fingerprint density at radius 3 is 2.43 bits per heavy atom. The highest BCUT2D eigenvalue weighted by molar-refractivity contribution is 9.10. The molecule has 0 bridgehead atoms. The van der Waals surface area contributed by atoms with Gasteiger partial charge in [0.2, 0.25) is 0 Å². The second kappa shape index (κ2) is 6.12. The number of benzene rings is 2. The van der Waals surface area contributed by atoms with Gasteiger partial charge in [0.25, 0.3) is 0 Å². The lowest BCUT2D eigenvalue weighted by atomic mass is 9.92. The molecule has 0 aliphatic heterocycles. The van der Waals surface area contributed by atoms with Gasteiger partial charge in [0.15, 0.2) is 0 Å². The summed E-state index contributed by atoms with van der Waals surface area (Å²) in [6, 6.07) is 8.82. The van der Waals surface area contributed by atoms with Crippen LogP contribution in [-0.4, -0.2) is 11.7 Å². The van der Waals surface area contributed by atoms with E-state index < -0.39 is 5.54 Å². The van der Waals surface area contributed by atoms with E-state index in [-0.39, 0.29) is 18.2 Å². The molecule has 112 valence electrons. The highest BCUT2D eigenvalue weighted by Gasteiger charge is 2.28. The molecule has 0 saturated carbocycles. The molecule has 2 aromatic carbocycles. The number of aliphatic hydroxyl groups excluding tert-OH is 1. The number of nitrogens with one attached hydrogen (secondary N) is 1. The minimum Gasteiger partial charge on any atom is -0.394 e. The van der Waals surface area contributed by atoms with Gasteiger partial charge in [-0.1, -0.05) is 22.0 Å². The molecular weight excluding hydrogens is 340 g/mol. The van der Waals surface area contributed by atoms with Crippen LogP contribution in [0, 0.1) is 18.6 Å². The molecule has 0 spiro atoms. The predicted octanol–water partition coefficient (Wildman–Crippen LogP) is 4.36. The summed E-state index contributed by atoms with van der Waals surface area (Å²) >= 11 is 3.30. The van der Waals surface area contributed by atoms with E-state index in [4.69, 9.17) is 0 Å². The van der Waals surface area contributed by atoms with E-state index in [9.17, 15) is 13.9 Å². The summed E-state index contributed by atoms with van der Waals surface area (Å²) in [5.74, 6) is -0.719. The number of hydrogen-bond donors (Lipinski definition) is 2. The van der Waals surface area contributed by atoms with Crippen LogP contribution in [0.15, 0.2) is 40.9 Å². The molecule has 0 amide bonds. The molecule has 0 heterocycles. The van der Waals surface area contributed by atoms with Crippen molar-refractivity contribution < 1.29 is 13.9 Å². The molecule has 0 fully saturated rings. The summed E-state index contributed by atoms with van der Waals surface area (Å²) in [7, 11) is 0. The van der Waals surface area contributed by atoms with Gasteiger partial charge in [0.05, 0.1) is 12.1 Å². The van der Waals surface area contributed by atoms with Gasteiger partial charge >= 0.3 is 0 Å². The van der Waals surface area contributed by atoms with Gasteiger partial charge < -0.3 is 10.4 Å². The number of anilines is 1. The normalized spacial score (nSPS) is 13.8. The number of aliphatic hydroxyl groups is 1. The third-order valence-corrected chi connectivity index (χ3v) is 3.96. The van der Waals surface area contributed by atoms with Crippen molar-refractivity contribution in [2.75, 3.05) is 11.9 Å². The van der Waals surface area contributed by atoms with E-state index in [2.05, 4.69) is 21.2 Å². The van der Waals surface area contributed by atoms with Crippen molar-refractivity contribution in [3.8, 4) is 0 Å². The van der Waals surface area contributed by atoms with Crippen LogP contribution in [0.4, 0.5) is 14.5 Å². The fourth-order valence-electron chi connectivity index (χ4n) is 2.26. The average molecular weight is 356 g/mol. The molecule has 2 N–H and O–H groups in total. The summed E-state index contributed by atoms with van der Waals surface area (Å²) in [5.41, 5.74) is 1.15. The van der Waals surface area contributed by atoms with Crippen LogP contribution in [0.2, 0.25) is 0 Å². The molecule has 0 radical (unpaired) electrons. The van der Waals surface area contributed by atoms with Crippen LogP contribution in [0.5, 0.6) is 0 Å². The van der Waals surface area contributed by atoms with Crippen LogP contribution in [0.3, 0.4) is 0 Å². The Morgan fingerprint density at radius 1 is 1.14 bits per heavy atom. The maximum absolute atomic E-state index is 13.5. The Balaban J connectivity index is 2.41. The summed E-state index contributed by atoms with van der Waals surface area (Å²) in [4.78, 5) is 0. The molecule has 0 aromatic heterocycles. The number of hydrogen-bond acceptors (Lipinski definition) is 2. The quantitative estimate of drug-likeness (QED) is 0.854. The minimum absolute atomic E-state index is 0.229. The lowest BCUT2D eigenvalue weighted by molar-refractivity contribution is 0.223. The molecule has 2 rings (SSSR count). The van der Waals surface area contributed by atoms with Crippen LogP contribution < -0.4 is 5.32 Å². The van der Waals surface area contributed by atoms with Crippen molar-refractivity contribution in [3.63, 3.8) is 0 Å². The summed E-state index contributed by atoms with van der Waals surface area (Å²) < 4.78 is 27.2. The first-order valence-electron chi connectivity index (χ1n) is 6.46. The second-order valence-electron chi connectivity index (χ2n) is 5.26. The second-order valence-corrected chi connectivity index (χ2v) is 6.11. The lowest BCUT2D eigenvalue weighted by Crippen LogP contribution is -2.36. The van der Waals surface area contributed by atoms with E-state index in [0.717, 1.165) is 5.56 Å². The zero-order valence-corrected chi connectivity index (χ0v) is 13.3. The Bertz CT molecular complexity index is 642. The first kappa shape index (κ1) is 15.9. The van der Waals surface area contributed by atoms with Crippen molar-refractivity contribution >= 4 is 21.6 Å². The van der Waals surface area contributed by atoms with Gasteiger partial charge in [-0.3, -0.25) is 0 Å². The highest BCUT2D eigenvalue weighted by Crippen LogP contribution is 2.32. The Hall–Kier alpha value is -1.46. The Kier molecular flexibility index (Phi) is 4.64. The monoisotopic (exact) mass is 355 g/mol. The maximum atomic E-state index is 13.5. The fraction of sp³-hybridized carbons (Fsp3) is 0.250. The molecular formula is C16H16BrF2NO. The predicted molar refractivity (Wildman–Crippen MR) is 83.3 cm³/mol. The largest absolute Gasteiger partial charge is 0.394 e. The first-order valence-corrected chi connectivity index (χ1v) is 7.25. The minimum atomic E-state index is -0.868. The van der Waals surface area contributed by atoms with Crippen LogP contribution in [0.1, 0.15) is 18.1 Å². The number of halogens is 3. The third-order valence-electron chi connectivity index (χ3n) is 3.30. The van der Waals surface area contributed by atoms with Crippen molar-refractivity contribution in [1.29, 1.82) is 0 Å². The number of aryl methyl sites for hydroxylation is 1. The highest BCUT2D eigenvalue weighted by atomic mass is 79.9. The van der Waals surface area contributed by atoms with E-state index in [0.29, 0.717) is 15.7 Å². The van der Waals surface area contributed by atoms with Gasteiger partial charge in [-0.15, -0.1) is 0 Å². The molecule has 1 unspecified atom stereocenters. The van der Waals surface area contributed by atoms with Crippen molar-refractivity contribution in [2.24, 2.45) is 0 Å². The molecule has 0 aliphatic carbocycles. The fourth-order valence-corrected chi connectivity index (χ4v) is 3.04. The Labute approximate surface area is 130 Å². The van der Waals surface area contributed by atoms with E-state index in [1.807, 2.05) is 0 Å². The van der Waals surface area contributed by atoms with Crippen molar-refractivity contribution in [1.82, 2.24) is 0 Å². The van der Waals surface area contributed by atoms with Crippen molar-refractivity contribution in [2.45, 2.75) is 19.4 Å². The number of rotatable bonds is 4. The smallest absolute Gasteiger partial charge is 0.125 e. The lowest BCUT2D eigenvalue weighted by Gasteiger charge is -2.31. The molecule has 0 saturated heterocycles. The maximum Gasteiger partial charge on any atom is 0.125 e. The Morgan fingerprint density at radius 2 is 1.86 bits per heavy atom. The van der Waals surface area contributed by atoms with Crippen molar-refractivity contribution in [3.05, 3.63) is 63.6 Å². The molecule has 1 atom stereocenters. The summed E-state index contributed by atoms with van der Waals surface area (Å²) in [6.07, 6.45) is 0. The van der Waals surface area contributed by atoms with E-state index in [1.54, 1.807) is 26.0 Å². The van der Waals surface area contributed by atoms with Gasteiger partial charge in [-0.2, -0.15) is 0 Å². The standard InChI is InChI=1S/C16H16BrF2NO/c1-10-5-12(19)7-13(6-10)20-16(2,9-21)14-4-3-11(18)8-15(14)17/h3-8,20-21H,9H2,1-2H3. The SMILES string of the molecule is Cc1cc(F)cc(NC(C)(CO)c2ccc(F)cc2Br)c1. The van der Waals surface area contributed by atoms with Crippen LogP contribution >= 0.6 is 15.9 Å². The molecule has 2 aromatic rings. The zero-order valence-electron chi connectivity index (χ0n) is 11.8. The van der Waals surface area contributed by atoms with E-state index >= 15 is 0 Å². The zero-order chi connectivity index (χ0) is 15.6. The van der Waals surface area contributed by atoms with E-state index in [1.165, 1.54) is 24.3 Å². The molecule has 2 nitrogen and oxygen atoms in total. The molecule has 0 aliphatic rings.